The van der Waals surface area contributed by atoms with E-state index in [4.69, 9.17) is 15.7 Å². The van der Waals surface area contributed by atoms with E-state index in [1.165, 1.54) is 0 Å². The Hall–Kier alpha value is -1.82. The van der Waals surface area contributed by atoms with Crippen LogP contribution in [0.2, 0.25) is 0 Å². The average molecular weight is 278 g/mol. The first-order valence-electron chi connectivity index (χ1n) is 6.62. The maximum absolute atomic E-state index is 8.91. The van der Waals surface area contributed by atoms with Crippen molar-refractivity contribution in [3.8, 4) is 0 Å². The summed E-state index contributed by atoms with van der Waals surface area (Å²) in [6.07, 6.45) is 1.71. The van der Waals surface area contributed by atoms with E-state index in [1.807, 2.05) is 27.7 Å². The van der Waals surface area contributed by atoms with Crippen LogP contribution in [0.3, 0.4) is 0 Å². The van der Waals surface area contributed by atoms with E-state index in [1.54, 1.807) is 18.3 Å². The first-order valence-corrected chi connectivity index (χ1v) is 6.62. The van der Waals surface area contributed by atoms with Crippen molar-refractivity contribution in [2.45, 2.75) is 38.9 Å². The van der Waals surface area contributed by atoms with E-state index in [0.717, 1.165) is 0 Å². The van der Waals surface area contributed by atoms with Gasteiger partial charge in [-0.1, -0.05) is 5.16 Å². The van der Waals surface area contributed by atoms with E-state index < -0.39 is 0 Å². The van der Waals surface area contributed by atoms with Crippen LogP contribution in [-0.2, 0) is 4.74 Å². The largest absolute Gasteiger partial charge is 0.409 e. The standard InChI is InChI=1S/C14H22N4O2/c1-13(2)8-18(9-14(3,4)20-13)12-10(11(15)17-19)6-5-7-16-12/h5-7,19H,8-9H2,1-4H3,(H2,15,17). The van der Waals surface area contributed by atoms with Gasteiger partial charge in [0.05, 0.1) is 16.8 Å². The summed E-state index contributed by atoms with van der Waals surface area (Å²) in [5, 5.41) is 12.0. The van der Waals surface area contributed by atoms with Crippen molar-refractivity contribution in [3.05, 3.63) is 23.9 Å². The fourth-order valence-electron chi connectivity index (χ4n) is 2.84. The minimum absolute atomic E-state index is 0.0650. The molecule has 1 aliphatic rings. The van der Waals surface area contributed by atoms with Crippen LogP contribution in [0, 0.1) is 0 Å². The lowest BCUT2D eigenvalue weighted by molar-refractivity contribution is -0.133. The summed E-state index contributed by atoms with van der Waals surface area (Å²) < 4.78 is 6.06. The Morgan fingerprint density at radius 2 is 1.95 bits per heavy atom. The Labute approximate surface area is 119 Å². The number of hydrogen-bond acceptors (Lipinski definition) is 5. The predicted molar refractivity (Wildman–Crippen MR) is 78.2 cm³/mol. The summed E-state index contributed by atoms with van der Waals surface area (Å²) in [4.78, 5) is 6.52. The third-order valence-electron chi connectivity index (χ3n) is 3.17. The van der Waals surface area contributed by atoms with Crippen molar-refractivity contribution in [1.82, 2.24) is 4.98 Å². The molecule has 0 amide bonds. The zero-order valence-electron chi connectivity index (χ0n) is 12.4. The van der Waals surface area contributed by atoms with Gasteiger partial charge in [-0.05, 0) is 39.8 Å². The van der Waals surface area contributed by atoms with Gasteiger partial charge in [0.15, 0.2) is 5.84 Å². The third-order valence-corrected chi connectivity index (χ3v) is 3.17. The molecule has 1 saturated heterocycles. The van der Waals surface area contributed by atoms with Gasteiger partial charge in [0.1, 0.15) is 5.82 Å². The number of nitrogens with zero attached hydrogens (tertiary/aromatic N) is 3. The second-order valence-electron chi connectivity index (χ2n) is 6.34. The monoisotopic (exact) mass is 278 g/mol. The molecule has 0 saturated carbocycles. The number of nitrogens with two attached hydrogens (primary N) is 1. The maximum Gasteiger partial charge on any atom is 0.173 e. The molecular formula is C14H22N4O2. The average Bonchev–Trinajstić information content (AvgIpc) is 2.34. The van der Waals surface area contributed by atoms with E-state index in [0.29, 0.717) is 24.5 Å². The van der Waals surface area contributed by atoms with E-state index in [-0.39, 0.29) is 17.0 Å². The molecule has 20 heavy (non-hydrogen) atoms. The van der Waals surface area contributed by atoms with Gasteiger partial charge in [-0.3, -0.25) is 0 Å². The van der Waals surface area contributed by atoms with Crippen LogP contribution < -0.4 is 10.6 Å². The molecule has 1 aromatic rings. The normalized spacial score (nSPS) is 21.8. The number of amidine groups is 1. The van der Waals surface area contributed by atoms with Gasteiger partial charge in [-0.15, -0.1) is 0 Å². The molecule has 3 N–H and O–H groups in total. The molecule has 1 aromatic heterocycles. The van der Waals surface area contributed by atoms with Crippen molar-refractivity contribution < 1.29 is 9.94 Å². The van der Waals surface area contributed by atoms with E-state index in [2.05, 4.69) is 15.0 Å². The number of anilines is 1. The van der Waals surface area contributed by atoms with Crippen LogP contribution >= 0.6 is 0 Å². The lowest BCUT2D eigenvalue weighted by Crippen LogP contribution is -2.57. The number of rotatable bonds is 2. The fraction of sp³-hybridized carbons (Fsp3) is 0.571. The number of pyridine rings is 1. The fourth-order valence-corrected chi connectivity index (χ4v) is 2.84. The van der Waals surface area contributed by atoms with E-state index >= 15 is 0 Å². The molecule has 0 atom stereocenters. The highest BCUT2D eigenvalue weighted by Gasteiger charge is 2.39. The molecule has 1 aliphatic heterocycles. The van der Waals surface area contributed by atoms with Gasteiger partial charge in [0.25, 0.3) is 0 Å². The van der Waals surface area contributed by atoms with Gasteiger partial charge in [-0.25, -0.2) is 4.98 Å². The molecule has 0 bridgehead atoms. The molecule has 6 heteroatoms. The molecule has 0 radical (unpaired) electrons. The van der Waals surface area contributed by atoms with Crippen LogP contribution in [0.5, 0.6) is 0 Å². The van der Waals surface area contributed by atoms with Gasteiger partial charge < -0.3 is 20.6 Å². The molecular weight excluding hydrogens is 256 g/mol. The van der Waals surface area contributed by atoms with Crippen LogP contribution in [0.15, 0.2) is 23.5 Å². The number of morpholine rings is 1. The zero-order valence-corrected chi connectivity index (χ0v) is 12.4. The number of ether oxygens (including phenoxy) is 1. The maximum atomic E-state index is 8.91. The van der Waals surface area contributed by atoms with Crippen molar-refractivity contribution >= 4 is 11.7 Å². The first-order chi connectivity index (χ1) is 9.24. The SMILES string of the molecule is CC1(C)CN(c2ncccc2/C(N)=N/O)CC(C)(C)O1. The van der Waals surface area contributed by atoms with Crippen molar-refractivity contribution in [1.29, 1.82) is 0 Å². The summed E-state index contributed by atoms with van der Waals surface area (Å²) in [5.74, 6) is 0.780. The summed E-state index contributed by atoms with van der Waals surface area (Å²) >= 11 is 0. The Bertz CT molecular complexity index is 510. The lowest BCUT2D eigenvalue weighted by Gasteiger charge is -2.47. The minimum Gasteiger partial charge on any atom is -0.409 e. The zero-order chi connectivity index (χ0) is 15.0. The minimum atomic E-state index is -0.290. The molecule has 6 nitrogen and oxygen atoms in total. The highest BCUT2D eigenvalue weighted by atomic mass is 16.5. The molecule has 2 rings (SSSR count). The number of oxime groups is 1. The Balaban J connectivity index is 2.41. The molecule has 0 spiro atoms. The Morgan fingerprint density at radius 3 is 2.50 bits per heavy atom. The molecule has 0 aromatic carbocycles. The van der Waals surface area contributed by atoms with Crippen molar-refractivity contribution in [3.63, 3.8) is 0 Å². The molecule has 110 valence electrons. The van der Waals surface area contributed by atoms with E-state index in [9.17, 15) is 0 Å². The molecule has 0 unspecified atom stereocenters. The summed E-state index contributed by atoms with van der Waals surface area (Å²) in [6.45, 7) is 9.58. The van der Waals surface area contributed by atoms with Crippen LogP contribution in [0.1, 0.15) is 33.3 Å². The van der Waals surface area contributed by atoms with Gasteiger partial charge in [0.2, 0.25) is 0 Å². The van der Waals surface area contributed by atoms with Crippen molar-refractivity contribution in [2.24, 2.45) is 10.9 Å². The van der Waals surface area contributed by atoms with Gasteiger partial charge >= 0.3 is 0 Å². The lowest BCUT2D eigenvalue weighted by atomic mass is 9.98. The predicted octanol–water partition coefficient (Wildman–Crippen LogP) is 1.57. The Kier molecular flexibility index (Phi) is 3.60. The second kappa shape index (κ2) is 4.94. The first kappa shape index (κ1) is 14.6. The third kappa shape index (κ3) is 3.01. The number of hydrogen-bond donors (Lipinski definition) is 2. The van der Waals surface area contributed by atoms with Crippen molar-refractivity contribution in [2.75, 3.05) is 18.0 Å². The smallest absolute Gasteiger partial charge is 0.173 e. The molecule has 0 aliphatic carbocycles. The molecule has 1 fully saturated rings. The summed E-state index contributed by atoms with van der Waals surface area (Å²) in [5.41, 5.74) is 5.79. The van der Waals surface area contributed by atoms with Gasteiger partial charge in [0, 0.05) is 19.3 Å². The van der Waals surface area contributed by atoms with Crippen LogP contribution in [-0.4, -0.2) is 40.3 Å². The summed E-state index contributed by atoms with van der Waals surface area (Å²) in [6, 6.07) is 3.57. The van der Waals surface area contributed by atoms with Crippen LogP contribution in [0.25, 0.3) is 0 Å². The number of aromatic nitrogens is 1. The summed E-state index contributed by atoms with van der Waals surface area (Å²) in [7, 11) is 0. The highest BCUT2D eigenvalue weighted by Crippen LogP contribution is 2.31. The van der Waals surface area contributed by atoms with Crippen LogP contribution in [0.4, 0.5) is 5.82 Å². The molecule has 2 heterocycles. The quantitative estimate of drug-likeness (QED) is 0.371. The second-order valence-corrected chi connectivity index (χ2v) is 6.34. The Morgan fingerprint density at radius 1 is 1.35 bits per heavy atom. The topological polar surface area (TPSA) is 84.0 Å². The highest BCUT2D eigenvalue weighted by molar-refractivity contribution is 6.01. The van der Waals surface area contributed by atoms with Gasteiger partial charge in [-0.2, -0.15) is 0 Å².